The molecule has 0 bridgehead atoms. The number of benzene rings is 1. The highest BCUT2D eigenvalue weighted by atomic mass is 32.2. The van der Waals surface area contributed by atoms with Crippen LogP contribution in [0.25, 0.3) is 0 Å². The third-order valence-electron chi connectivity index (χ3n) is 3.87. The average molecular weight is 235 g/mol. The van der Waals surface area contributed by atoms with E-state index >= 15 is 0 Å². The van der Waals surface area contributed by atoms with Crippen molar-refractivity contribution in [2.75, 3.05) is 19.3 Å². The molecule has 16 heavy (non-hydrogen) atoms. The van der Waals surface area contributed by atoms with Crippen LogP contribution in [-0.4, -0.2) is 24.9 Å². The Hall–Kier alpha value is -0.510. The number of ether oxygens (including phenoxy) is 1. The summed E-state index contributed by atoms with van der Waals surface area (Å²) >= 11 is 1.82. The van der Waals surface area contributed by atoms with E-state index in [4.69, 9.17) is 4.74 Å². The molecule has 3 rings (SSSR count). The molecule has 1 aromatic rings. The standard InChI is InChI=1S/C13H17NOS/c1-13-8-14-6-11(13)9-4-3-5-12(16-2)10(9)7-15-13/h3-5,11,14H,6-8H2,1-2H3/t11-,13-/m0/s1. The van der Waals surface area contributed by atoms with Crippen molar-refractivity contribution >= 4 is 11.8 Å². The van der Waals surface area contributed by atoms with Crippen LogP contribution in [0.5, 0.6) is 0 Å². The van der Waals surface area contributed by atoms with Gasteiger partial charge in [0.15, 0.2) is 0 Å². The number of thioether (sulfide) groups is 1. The molecule has 0 spiro atoms. The summed E-state index contributed by atoms with van der Waals surface area (Å²) in [5.74, 6) is 0.517. The van der Waals surface area contributed by atoms with Gasteiger partial charge in [0.2, 0.25) is 0 Å². The SMILES string of the molecule is CSc1cccc2c1CO[C@@]1(C)CNC[C@@H]21. The van der Waals surface area contributed by atoms with E-state index in [1.165, 1.54) is 16.0 Å². The van der Waals surface area contributed by atoms with Crippen molar-refractivity contribution in [3.05, 3.63) is 29.3 Å². The molecular weight excluding hydrogens is 218 g/mol. The van der Waals surface area contributed by atoms with E-state index in [1.807, 2.05) is 11.8 Å². The minimum absolute atomic E-state index is 0.00400. The summed E-state index contributed by atoms with van der Waals surface area (Å²) in [6, 6.07) is 6.64. The predicted molar refractivity (Wildman–Crippen MR) is 67.0 cm³/mol. The largest absolute Gasteiger partial charge is 0.369 e. The Labute approximate surface area is 101 Å². The fraction of sp³-hybridized carbons (Fsp3) is 0.538. The second-order valence-corrected chi connectivity index (χ2v) is 5.66. The van der Waals surface area contributed by atoms with Crippen molar-refractivity contribution in [2.45, 2.75) is 29.9 Å². The van der Waals surface area contributed by atoms with E-state index in [1.54, 1.807) is 0 Å². The first-order valence-electron chi connectivity index (χ1n) is 5.75. The number of fused-ring (bicyclic) bond motifs is 3. The van der Waals surface area contributed by atoms with E-state index in [0.29, 0.717) is 5.92 Å². The topological polar surface area (TPSA) is 21.3 Å². The molecule has 1 fully saturated rings. The van der Waals surface area contributed by atoms with E-state index < -0.39 is 0 Å². The molecule has 0 amide bonds. The Balaban J connectivity index is 2.10. The summed E-state index contributed by atoms with van der Waals surface area (Å²) in [4.78, 5) is 1.37. The Bertz CT molecular complexity index is 420. The summed E-state index contributed by atoms with van der Waals surface area (Å²) in [5, 5.41) is 3.45. The highest BCUT2D eigenvalue weighted by Gasteiger charge is 2.44. The predicted octanol–water partition coefficient (Wildman–Crippen LogP) is 2.38. The molecule has 3 heteroatoms. The first-order chi connectivity index (χ1) is 7.74. The Morgan fingerprint density at radius 3 is 3.19 bits per heavy atom. The zero-order valence-corrected chi connectivity index (χ0v) is 10.6. The Kier molecular flexibility index (Phi) is 2.50. The van der Waals surface area contributed by atoms with Crippen molar-refractivity contribution in [3.63, 3.8) is 0 Å². The van der Waals surface area contributed by atoms with Crippen LogP contribution < -0.4 is 5.32 Å². The van der Waals surface area contributed by atoms with Gasteiger partial charge in [0.05, 0.1) is 12.2 Å². The molecule has 0 unspecified atom stereocenters. The zero-order valence-electron chi connectivity index (χ0n) is 9.75. The molecule has 2 nitrogen and oxygen atoms in total. The second kappa shape index (κ2) is 3.76. The highest BCUT2D eigenvalue weighted by Crippen LogP contribution is 2.43. The van der Waals surface area contributed by atoms with Gasteiger partial charge in [0.1, 0.15) is 0 Å². The summed E-state index contributed by atoms with van der Waals surface area (Å²) in [5.41, 5.74) is 2.90. The number of hydrogen-bond acceptors (Lipinski definition) is 3. The fourth-order valence-corrected chi connectivity index (χ4v) is 3.52. The molecule has 2 aliphatic rings. The maximum absolute atomic E-state index is 6.08. The maximum atomic E-state index is 6.08. The van der Waals surface area contributed by atoms with Crippen molar-refractivity contribution in [3.8, 4) is 0 Å². The normalized spacial score (nSPS) is 32.2. The van der Waals surface area contributed by atoms with Crippen LogP contribution in [0.1, 0.15) is 24.0 Å². The quantitative estimate of drug-likeness (QED) is 0.755. The molecule has 0 aliphatic carbocycles. The molecule has 2 aliphatic heterocycles. The summed E-state index contributed by atoms with van der Waals surface area (Å²) < 4.78 is 6.08. The molecule has 1 saturated heterocycles. The van der Waals surface area contributed by atoms with Crippen LogP contribution in [0.15, 0.2) is 23.1 Å². The minimum Gasteiger partial charge on any atom is -0.369 e. The van der Waals surface area contributed by atoms with Gasteiger partial charge >= 0.3 is 0 Å². The Morgan fingerprint density at radius 2 is 2.38 bits per heavy atom. The number of rotatable bonds is 1. The highest BCUT2D eigenvalue weighted by molar-refractivity contribution is 7.98. The first kappa shape index (κ1) is 10.6. The van der Waals surface area contributed by atoms with Gasteiger partial charge in [-0.3, -0.25) is 0 Å². The molecule has 1 aromatic carbocycles. The molecule has 0 radical (unpaired) electrons. The van der Waals surface area contributed by atoms with Crippen molar-refractivity contribution in [2.24, 2.45) is 0 Å². The molecule has 2 atom stereocenters. The van der Waals surface area contributed by atoms with Crippen LogP contribution >= 0.6 is 11.8 Å². The number of nitrogens with one attached hydrogen (secondary N) is 1. The van der Waals surface area contributed by atoms with Crippen molar-refractivity contribution < 1.29 is 4.74 Å². The van der Waals surface area contributed by atoms with Crippen LogP contribution in [0.3, 0.4) is 0 Å². The molecular formula is C13H17NOS. The third-order valence-corrected chi connectivity index (χ3v) is 4.69. The van der Waals surface area contributed by atoms with Gasteiger partial charge in [-0.05, 0) is 30.4 Å². The molecule has 2 heterocycles. The lowest BCUT2D eigenvalue weighted by Gasteiger charge is -2.37. The first-order valence-corrected chi connectivity index (χ1v) is 6.97. The van der Waals surface area contributed by atoms with E-state index in [-0.39, 0.29) is 5.60 Å². The van der Waals surface area contributed by atoms with Gasteiger partial charge in [-0.2, -0.15) is 0 Å². The summed E-state index contributed by atoms with van der Waals surface area (Å²) in [6.45, 7) is 5.01. The summed E-state index contributed by atoms with van der Waals surface area (Å²) in [7, 11) is 0. The lowest BCUT2D eigenvalue weighted by Crippen LogP contribution is -2.39. The van der Waals surface area contributed by atoms with Crippen LogP contribution in [0, 0.1) is 0 Å². The Morgan fingerprint density at radius 1 is 1.50 bits per heavy atom. The van der Waals surface area contributed by atoms with Gasteiger partial charge in [0.25, 0.3) is 0 Å². The molecule has 0 aromatic heterocycles. The average Bonchev–Trinajstić information content (AvgIpc) is 2.70. The van der Waals surface area contributed by atoms with E-state index in [9.17, 15) is 0 Å². The zero-order chi connectivity index (χ0) is 11.2. The van der Waals surface area contributed by atoms with E-state index in [0.717, 1.165) is 19.7 Å². The molecule has 86 valence electrons. The van der Waals surface area contributed by atoms with Crippen molar-refractivity contribution in [1.29, 1.82) is 0 Å². The third kappa shape index (κ3) is 1.42. The number of hydrogen-bond donors (Lipinski definition) is 1. The maximum Gasteiger partial charge on any atom is 0.0863 e. The van der Waals surface area contributed by atoms with Crippen LogP contribution in [-0.2, 0) is 11.3 Å². The molecule has 0 saturated carbocycles. The lowest BCUT2D eigenvalue weighted by molar-refractivity contribution is -0.0528. The van der Waals surface area contributed by atoms with Gasteiger partial charge in [-0.1, -0.05) is 12.1 Å². The minimum atomic E-state index is 0.00400. The van der Waals surface area contributed by atoms with Gasteiger partial charge in [-0.25, -0.2) is 0 Å². The van der Waals surface area contributed by atoms with Crippen LogP contribution in [0.2, 0.25) is 0 Å². The van der Waals surface area contributed by atoms with E-state index in [2.05, 4.69) is 36.7 Å². The second-order valence-electron chi connectivity index (χ2n) is 4.81. The van der Waals surface area contributed by atoms with Gasteiger partial charge < -0.3 is 10.1 Å². The fourth-order valence-electron chi connectivity index (χ4n) is 2.89. The summed E-state index contributed by atoms with van der Waals surface area (Å²) in [6.07, 6.45) is 2.14. The smallest absolute Gasteiger partial charge is 0.0863 e. The van der Waals surface area contributed by atoms with Gasteiger partial charge in [-0.15, -0.1) is 11.8 Å². The lowest BCUT2D eigenvalue weighted by atomic mass is 9.81. The molecule has 1 N–H and O–H groups in total. The monoisotopic (exact) mass is 235 g/mol. The van der Waals surface area contributed by atoms with Crippen molar-refractivity contribution in [1.82, 2.24) is 5.32 Å². The van der Waals surface area contributed by atoms with Crippen LogP contribution in [0.4, 0.5) is 0 Å². The van der Waals surface area contributed by atoms with Gasteiger partial charge in [0, 0.05) is 23.9 Å².